The van der Waals surface area contributed by atoms with Gasteiger partial charge in [-0.25, -0.2) is 12.7 Å². The fourth-order valence-electron chi connectivity index (χ4n) is 2.29. The molecule has 1 atom stereocenters. The van der Waals surface area contributed by atoms with Crippen molar-refractivity contribution in [3.05, 3.63) is 28.2 Å². The molecule has 8 heteroatoms. The Bertz CT molecular complexity index is 649. The number of amides is 1. The molecule has 1 amide bonds. The van der Waals surface area contributed by atoms with E-state index in [4.69, 9.17) is 23.2 Å². The summed E-state index contributed by atoms with van der Waals surface area (Å²) in [5.74, 6) is -0.629. The van der Waals surface area contributed by atoms with Gasteiger partial charge in [-0.1, -0.05) is 23.2 Å². The van der Waals surface area contributed by atoms with Crippen molar-refractivity contribution in [3.63, 3.8) is 0 Å². The van der Waals surface area contributed by atoms with E-state index in [2.05, 4.69) is 5.32 Å². The Morgan fingerprint density at radius 3 is 2.76 bits per heavy atom. The minimum absolute atomic E-state index is 0.197. The largest absolute Gasteiger partial charge is 0.324 e. The molecule has 1 fully saturated rings. The van der Waals surface area contributed by atoms with Crippen molar-refractivity contribution >= 4 is 44.8 Å². The minimum atomic E-state index is -3.27. The normalized spacial score (nSPS) is 20.2. The molecular formula is C13H16Cl2N2O3S. The fraction of sp³-hybridized carbons (Fsp3) is 0.462. The molecule has 0 radical (unpaired) electrons. The van der Waals surface area contributed by atoms with Crippen molar-refractivity contribution in [1.82, 2.24) is 4.31 Å². The quantitative estimate of drug-likeness (QED) is 0.910. The lowest BCUT2D eigenvalue weighted by Crippen LogP contribution is -2.43. The molecule has 1 aliphatic rings. The Hall–Kier alpha value is -0.820. The summed E-state index contributed by atoms with van der Waals surface area (Å²) in [4.78, 5) is 12.3. The average Bonchev–Trinajstić information content (AvgIpc) is 2.42. The van der Waals surface area contributed by atoms with E-state index in [1.165, 1.54) is 4.31 Å². The van der Waals surface area contributed by atoms with Gasteiger partial charge in [0.1, 0.15) is 0 Å². The second-order valence-corrected chi connectivity index (χ2v) is 7.90. The molecule has 0 aromatic heterocycles. The van der Waals surface area contributed by atoms with E-state index < -0.39 is 10.0 Å². The highest BCUT2D eigenvalue weighted by atomic mass is 35.5. The fourth-order valence-corrected chi connectivity index (χ4v) is 3.53. The van der Waals surface area contributed by atoms with Gasteiger partial charge < -0.3 is 5.32 Å². The van der Waals surface area contributed by atoms with Crippen LogP contribution in [0.5, 0.6) is 0 Å². The first-order valence-electron chi connectivity index (χ1n) is 6.48. The van der Waals surface area contributed by atoms with Gasteiger partial charge >= 0.3 is 0 Å². The summed E-state index contributed by atoms with van der Waals surface area (Å²) in [6.07, 6.45) is 2.46. The van der Waals surface area contributed by atoms with E-state index in [1.54, 1.807) is 18.2 Å². The van der Waals surface area contributed by atoms with Gasteiger partial charge in [-0.2, -0.15) is 0 Å². The zero-order valence-electron chi connectivity index (χ0n) is 11.5. The van der Waals surface area contributed by atoms with E-state index in [0.717, 1.165) is 6.26 Å². The minimum Gasteiger partial charge on any atom is -0.324 e. The molecule has 0 saturated carbocycles. The maximum absolute atomic E-state index is 12.3. The van der Waals surface area contributed by atoms with Gasteiger partial charge in [-0.05, 0) is 31.0 Å². The number of sulfonamides is 1. The number of nitrogens with zero attached hydrogens (tertiary/aromatic N) is 1. The molecule has 116 valence electrons. The van der Waals surface area contributed by atoms with E-state index in [9.17, 15) is 13.2 Å². The zero-order chi connectivity index (χ0) is 15.6. The second-order valence-electron chi connectivity index (χ2n) is 5.07. The summed E-state index contributed by atoms with van der Waals surface area (Å²) in [5, 5.41) is 3.58. The van der Waals surface area contributed by atoms with Crippen LogP contribution in [0.2, 0.25) is 10.0 Å². The number of nitrogens with one attached hydrogen (secondary N) is 1. The number of anilines is 1. The first-order valence-corrected chi connectivity index (χ1v) is 9.09. The molecule has 0 aliphatic carbocycles. The predicted molar refractivity (Wildman–Crippen MR) is 84.2 cm³/mol. The molecule has 1 aliphatic heterocycles. The standard InChI is InChI=1S/C13H16Cl2N2O3S/c1-21(19,20)17-6-2-3-9(8-17)13(18)16-12-7-10(14)4-5-11(12)15/h4-5,7,9H,2-3,6,8H2,1H3,(H,16,18)/t9-/m0/s1. The molecule has 21 heavy (non-hydrogen) atoms. The number of halogens is 2. The van der Waals surface area contributed by atoms with Crippen LogP contribution in [0.1, 0.15) is 12.8 Å². The van der Waals surface area contributed by atoms with Crippen LogP contribution in [0.4, 0.5) is 5.69 Å². The molecule has 0 bridgehead atoms. The first-order chi connectivity index (χ1) is 9.77. The zero-order valence-corrected chi connectivity index (χ0v) is 13.8. The summed E-state index contributed by atoms with van der Waals surface area (Å²) in [6.45, 7) is 0.656. The van der Waals surface area contributed by atoms with Gasteiger partial charge in [-0.15, -0.1) is 0 Å². The molecule has 0 spiro atoms. The van der Waals surface area contributed by atoms with Gasteiger partial charge in [0.2, 0.25) is 15.9 Å². The van der Waals surface area contributed by atoms with Crippen molar-refractivity contribution in [1.29, 1.82) is 0 Å². The van der Waals surface area contributed by atoms with Crippen LogP contribution < -0.4 is 5.32 Å². The summed E-state index contributed by atoms with van der Waals surface area (Å²) in [7, 11) is -3.27. The highest BCUT2D eigenvalue weighted by Gasteiger charge is 2.30. The Kier molecular flexibility index (Phi) is 5.14. The highest BCUT2D eigenvalue weighted by Crippen LogP contribution is 2.27. The Balaban J connectivity index is 2.08. The number of carbonyl (C=O) groups is 1. The van der Waals surface area contributed by atoms with Crippen LogP contribution in [0.25, 0.3) is 0 Å². The van der Waals surface area contributed by atoms with E-state index in [1.807, 2.05) is 0 Å². The lowest BCUT2D eigenvalue weighted by atomic mass is 9.99. The third-order valence-corrected chi connectivity index (χ3v) is 5.24. The van der Waals surface area contributed by atoms with E-state index in [0.29, 0.717) is 35.1 Å². The number of piperidine rings is 1. The van der Waals surface area contributed by atoms with E-state index >= 15 is 0 Å². The van der Waals surface area contributed by atoms with Crippen molar-refractivity contribution in [2.24, 2.45) is 5.92 Å². The van der Waals surface area contributed by atoms with Crippen LogP contribution in [0.3, 0.4) is 0 Å². The average molecular weight is 351 g/mol. The Labute approximate surface area is 134 Å². The molecule has 5 nitrogen and oxygen atoms in total. The van der Waals surface area contributed by atoms with Crippen molar-refractivity contribution in [3.8, 4) is 0 Å². The smallest absolute Gasteiger partial charge is 0.228 e. The Morgan fingerprint density at radius 1 is 1.38 bits per heavy atom. The van der Waals surface area contributed by atoms with Crippen LogP contribution in [0.15, 0.2) is 18.2 Å². The van der Waals surface area contributed by atoms with E-state index in [-0.39, 0.29) is 18.4 Å². The topological polar surface area (TPSA) is 66.5 Å². The lowest BCUT2D eigenvalue weighted by molar-refractivity contribution is -0.120. The molecule has 1 saturated heterocycles. The summed E-state index contributed by atoms with van der Waals surface area (Å²) in [6, 6.07) is 4.80. The summed E-state index contributed by atoms with van der Waals surface area (Å²) >= 11 is 11.9. The molecule has 1 heterocycles. The number of rotatable bonds is 3. The SMILES string of the molecule is CS(=O)(=O)N1CCC[C@H](C(=O)Nc2cc(Cl)ccc2Cl)C1. The molecule has 1 N–H and O–H groups in total. The van der Waals surface area contributed by atoms with Crippen LogP contribution >= 0.6 is 23.2 Å². The van der Waals surface area contributed by atoms with Gasteiger partial charge in [0, 0.05) is 18.1 Å². The number of hydrogen-bond acceptors (Lipinski definition) is 3. The number of carbonyl (C=O) groups excluding carboxylic acids is 1. The maximum Gasteiger partial charge on any atom is 0.228 e. The first kappa shape index (κ1) is 16.5. The van der Waals surface area contributed by atoms with Crippen LogP contribution in [0, 0.1) is 5.92 Å². The molecule has 1 aromatic rings. The maximum atomic E-state index is 12.3. The predicted octanol–water partition coefficient (Wildman–Crippen LogP) is 2.60. The second kappa shape index (κ2) is 6.52. The van der Waals surface area contributed by atoms with Crippen molar-refractivity contribution in [2.75, 3.05) is 24.7 Å². The number of benzene rings is 1. The molecule has 2 rings (SSSR count). The lowest BCUT2D eigenvalue weighted by Gasteiger charge is -2.30. The third kappa shape index (κ3) is 4.32. The van der Waals surface area contributed by atoms with Crippen molar-refractivity contribution < 1.29 is 13.2 Å². The van der Waals surface area contributed by atoms with Crippen LogP contribution in [-0.4, -0.2) is 38.0 Å². The molecule has 0 unspecified atom stereocenters. The van der Waals surface area contributed by atoms with Gasteiger partial charge in [0.05, 0.1) is 22.9 Å². The molecular weight excluding hydrogens is 335 g/mol. The summed E-state index contributed by atoms with van der Waals surface area (Å²) < 4.78 is 24.5. The van der Waals surface area contributed by atoms with Gasteiger partial charge in [0.25, 0.3) is 0 Å². The summed E-state index contributed by atoms with van der Waals surface area (Å²) in [5.41, 5.74) is 0.436. The van der Waals surface area contributed by atoms with Crippen LogP contribution in [-0.2, 0) is 14.8 Å². The highest BCUT2D eigenvalue weighted by molar-refractivity contribution is 7.88. The van der Waals surface area contributed by atoms with Gasteiger partial charge in [0.15, 0.2) is 0 Å². The number of hydrogen-bond donors (Lipinski definition) is 1. The molecule has 1 aromatic carbocycles. The monoisotopic (exact) mass is 350 g/mol. The van der Waals surface area contributed by atoms with Gasteiger partial charge in [-0.3, -0.25) is 4.79 Å². The van der Waals surface area contributed by atoms with Crippen molar-refractivity contribution in [2.45, 2.75) is 12.8 Å². The Morgan fingerprint density at radius 2 is 2.10 bits per heavy atom. The third-order valence-electron chi connectivity index (χ3n) is 3.41.